The molecule has 0 amide bonds. The molecule has 27 heavy (non-hydrogen) atoms. The van der Waals surface area contributed by atoms with E-state index in [0.717, 1.165) is 11.6 Å². The Labute approximate surface area is 159 Å². The van der Waals surface area contributed by atoms with Crippen molar-refractivity contribution in [2.24, 2.45) is 5.92 Å². The fraction of sp³-hybridized carbons (Fsp3) is 0.190. The van der Waals surface area contributed by atoms with Crippen molar-refractivity contribution in [2.45, 2.75) is 18.4 Å². The molecule has 0 aliphatic heterocycles. The van der Waals surface area contributed by atoms with Gasteiger partial charge in [-0.25, -0.2) is 0 Å². The zero-order valence-electron chi connectivity index (χ0n) is 14.1. The minimum Gasteiger partial charge on any atom is -0.356 e. The number of carbonyl (C=O) groups excluding carboxylic acids is 1. The van der Waals surface area contributed by atoms with Crippen LogP contribution in [0.3, 0.4) is 0 Å². The predicted molar refractivity (Wildman–Crippen MR) is 98.1 cm³/mol. The van der Waals surface area contributed by atoms with Crippen LogP contribution in [-0.2, 0) is 16.1 Å². The van der Waals surface area contributed by atoms with Crippen LogP contribution in [0.1, 0.15) is 11.1 Å². The lowest BCUT2D eigenvalue weighted by Crippen LogP contribution is -2.53. The molecule has 2 nitrogen and oxygen atoms in total. The first-order chi connectivity index (χ1) is 12.9. The van der Waals surface area contributed by atoms with E-state index >= 15 is 0 Å². The van der Waals surface area contributed by atoms with Gasteiger partial charge in [-0.1, -0.05) is 66.2 Å². The Morgan fingerprint density at radius 1 is 1.07 bits per heavy atom. The maximum absolute atomic E-state index is 13.9. The molecule has 0 spiro atoms. The highest BCUT2D eigenvalue weighted by Crippen LogP contribution is 2.45. The smallest absolute Gasteiger partial charge is 0.356 e. The van der Waals surface area contributed by atoms with Crippen molar-refractivity contribution in [3.8, 4) is 0 Å². The monoisotopic (exact) mass is 392 g/mol. The first-order valence-electron chi connectivity index (χ1n) is 8.22. The van der Waals surface area contributed by atoms with Gasteiger partial charge in [0.25, 0.3) is 0 Å². The molecule has 0 aromatic heterocycles. The maximum Gasteiger partial charge on any atom is 0.422 e. The lowest BCUT2D eigenvalue weighted by atomic mass is 9.80. The summed E-state index contributed by atoms with van der Waals surface area (Å²) in [6.45, 7) is -0.306. The Morgan fingerprint density at radius 3 is 2.33 bits per heavy atom. The fourth-order valence-electron chi connectivity index (χ4n) is 2.95. The largest absolute Gasteiger partial charge is 0.422 e. The zero-order valence-corrected chi connectivity index (χ0v) is 14.9. The third-order valence-corrected chi connectivity index (χ3v) is 4.70. The van der Waals surface area contributed by atoms with Gasteiger partial charge in [-0.15, -0.1) is 0 Å². The van der Waals surface area contributed by atoms with Crippen LogP contribution in [0.25, 0.3) is 5.57 Å². The van der Waals surface area contributed by atoms with Gasteiger partial charge in [-0.3, -0.25) is 0 Å². The normalized spacial score (nSPS) is 22.4. The SMILES string of the molecule is O=CC1C=C(c2ccccc2)C=CC1(OCc1ccc(Cl)cc1)C(F)(F)F. The molecule has 2 unspecified atom stereocenters. The number of aldehydes is 1. The minimum absolute atomic E-state index is 0.280. The number of allylic oxidation sites excluding steroid dienone is 2. The van der Waals surface area contributed by atoms with Gasteiger partial charge in [0.05, 0.1) is 12.5 Å². The molecule has 0 bridgehead atoms. The van der Waals surface area contributed by atoms with Crippen LogP contribution in [0.15, 0.2) is 72.8 Å². The summed E-state index contributed by atoms with van der Waals surface area (Å²) >= 11 is 5.79. The summed E-state index contributed by atoms with van der Waals surface area (Å²) in [7, 11) is 0. The highest BCUT2D eigenvalue weighted by molar-refractivity contribution is 6.30. The summed E-state index contributed by atoms with van der Waals surface area (Å²) in [5, 5.41) is 0.475. The Morgan fingerprint density at radius 2 is 1.74 bits per heavy atom. The van der Waals surface area contributed by atoms with Gasteiger partial charge < -0.3 is 9.53 Å². The van der Waals surface area contributed by atoms with Crippen molar-refractivity contribution < 1.29 is 22.7 Å². The molecule has 0 fully saturated rings. The van der Waals surface area contributed by atoms with Gasteiger partial charge in [-0.2, -0.15) is 13.2 Å². The second kappa shape index (κ2) is 7.71. The average molecular weight is 393 g/mol. The Balaban J connectivity index is 1.92. The van der Waals surface area contributed by atoms with Crippen molar-refractivity contribution in [3.63, 3.8) is 0 Å². The van der Waals surface area contributed by atoms with E-state index in [1.54, 1.807) is 48.5 Å². The molecule has 0 heterocycles. The molecule has 1 aliphatic carbocycles. The van der Waals surface area contributed by atoms with Crippen molar-refractivity contribution in [3.05, 3.63) is 89.0 Å². The van der Waals surface area contributed by atoms with Gasteiger partial charge in [-0.05, 0) is 34.9 Å². The second-order valence-corrected chi connectivity index (χ2v) is 6.63. The first kappa shape index (κ1) is 19.4. The van der Waals surface area contributed by atoms with Crippen LogP contribution in [0, 0.1) is 5.92 Å². The van der Waals surface area contributed by atoms with Crippen molar-refractivity contribution in [2.75, 3.05) is 0 Å². The van der Waals surface area contributed by atoms with Gasteiger partial charge in [0.1, 0.15) is 6.29 Å². The minimum atomic E-state index is -4.76. The Kier molecular flexibility index (Phi) is 5.53. The molecule has 3 rings (SSSR count). The Bertz CT molecular complexity index is 857. The number of hydrogen-bond acceptors (Lipinski definition) is 2. The van der Waals surface area contributed by atoms with E-state index in [-0.39, 0.29) is 12.9 Å². The van der Waals surface area contributed by atoms with Crippen LogP contribution in [0.5, 0.6) is 0 Å². The molecule has 140 valence electrons. The lowest BCUT2D eigenvalue weighted by molar-refractivity contribution is -0.270. The lowest BCUT2D eigenvalue weighted by Gasteiger charge is -2.38. The zero-order chi connectivity index (χ0) is 19.5. The van der Waals surface area contributed by atoms with E-state index in [2.05, 4.69) is 0 Å². The summed E-state index contributed by atoms with van der Waals surface area (Å²) in [5.41, 5.74) is -0.914. The van der Waals surface area contributed by atoms with E-state index in [0.29, 0.717) is 16.2 Å². The van der Waals surface area contributed by atoms with E-state index in [9.17, 15) is 18.0 Å². The van der Waals surface area contributed by atoms with Crippen LogP contribution >= 0.6 is 11.6 Å². The average Bonchev–Trinajstić information content (AvgIpc) is 2.67. The van der Waals surface area contributed by atoms with Crippen molar-refractivity contribution >= 4 is 23.5 Å². The molecule has 0 N–H and O–H groups in total. The van der Waals surface area contributed by atoms with Crippen LogP contribution in [0.4, 0.5) is 13.2 Å². The van der Waals surface area contributed by atoms with Crippen LogP contribution < -0.4 is 0 Å². The molecule has 2 atom stereocenters. The predicted octanol–water partition coefficient (Wildman–Crippen LogP) is 5.63. The van der Waals surface area contributed by atoms with E-state index in [1.807, 2.05) is 6.07 Å². The number of hydrogen-bond donors (Lipinski definition) is 0. The summed E-state index contributed by atoms with van der Waals surface area (Å²) in [5.74, 6) is -1.50. The number of benzene rings is 2. The molecular weight excluding hydrogens is 377 g/mol. The van der Waals surface area contributed by atoms with Gasteiger partial charge in [0, 0.05) is 5.02 Å². The summed E-state index contributed by atoms with van der Waals surface area (Å²) < 4.78 is 47.2. The van der Waals surface area contributed by atoms with Crippen molar-refractivity contribution in [1.82, 2.24) is 0 Å². The second-order valence-electron chi connectivity index (χ2n) is 6.19. The van der Waals surface area contributed by atoms with Crippen LogP contribution in [0.2, 0.25) is 5.02 Å². The number of halogens is 4. The maximum atomic E-state index is 13.9. The summed E-state index contributed by atoms with van der Waals surface area (Å²) in [6.07, 6.45) is -0.894. The number of ether oxygens (including phenoxy) is 1. The van der Waals surface area contributed by atoms with Gasteiger partial charge in [0.15, 0.2) is 5.60 Å². The van der Waals surface area contributed by atoms with E-state index < -0.39 is 17.7 Å². The third kappa shape index (κ3) is 3.99. The summed E-state index contributed by atoms with van der Waals surface area (Å²) in [4.78, 5) is 11.6. The molecule has 0 saturated carbocycles. The molecular formula is C21H16ClF3O2. The fourth-order valence-corrected chi connectivity index (χ4v) is 3.08. The summed E-state index contributed by atoms with van der Waals surface area (Å²) in [6, 6.07) is 15.2. The Hall–Kier alpha value is -2.37. The molecule has 0 saturated heterocycles. The first-order valence-corrected chi connectivity index (χ1v) is 8.60. The quantitative estimate of drug-likeness (QED) is 0.617. The van der Waals surface area contributed by atoms with E-state index in [4.69, 9.17) is 16.3 Å². The van der Waals surface area contributed by atoms with Crippen molar-refractivity contribution in [1.29, 1.82) is 0 Å². The third-order valence-electron chi connectivity index (χ3n) is 4.45. The molecule has 2 aromatic rings. The van der Waals surface area contributed by atoms with E-state index in [1.165, 1.54) is 12.2 Å². The number of rotatable bonds is 5. The van der Waals surface area contributed by atoms with Gasteiger partial charge >= 0.3 is 6.18 Å². The van der Waals surface area contributed by atoms with Gasteiger partial charge in [0.2, 0.25) is 0 Å². The molecule has 1 aliphatic rings. The molecule has 6 heteroatoms. The molecule has 2 aromatic carbocycles. The highest BCUT2D eigenvalue weighted by atomic mass is 35.5. The standard InChI is InChI=1S/C21H16ClF3O2/c22-19-8-6-15(7-9-19)14-27-20(21(23,24)25)11-10-17(12-18(20)13-26)16-4-2-1-3-5-16/h1-13,18H,14H2. The highest BCUT2D eigenvalue weighted by Gasteiger charge is 2.59. The van der Waals surface area contributed by atoms with Crippen LogP contribution in [-0.4, -0.2) is 18.1 Å². The topological polar surface area (TPSA) is 26.3 Å². The number of alkyl halides is 3. The number of carbonyl (C=O) groups is 1. The molecule has 0 radical (unpaired) electrons.